The van der Waals surface area contributed by atoms with E-state index in [1.807, 2.05) is 105 Å². The molecule has 1 aromatic heterocycles. The molecule has 3 aromatic carbocycles. The molecule has 4 aromatic rings. The van der Waals surface area contributed by atoms with E-state index in [0.29, 0.717) is 24.3 Å². The molecule has 4 atom stereocenters. The van der Waals surface area contributed by atoms with Gasteiger partial charge in [-0.15, -0.1) is 0 Å². The highest BCUT2D eigenvalue weighted by molar-refractivity contribution is 6.16. The second kappa shape index (κ2) is 14.6. The zero-order chi connectivity index (χ0) is 39.4. The molecule has 0 fully saturated rings. The smallest absolute Gasteiger partial charge is 0.265 e. The summed E-state index contributed by atoms with van der Waals surface area (Å²) in [4.78, 5) is 35.8. The SMILES string of the molecule is CN(Cc1cc(OCc2ccccc2)c2c(c1N(C)C)C[C@H]1C[C@H]3[C@H](N(C)C)c4onc(OCc5ccccc5)c4C(=O)[C@@]3(O)C(O)=C1C2=O)CC(C)(C)C. The number of ketones is 2. The molecule has 0 aliphatic heterocycles. The average molecular weight is 749 g/mol. The third kappa shape index (κ3) is 6.94. The van der Waals surface area contributed by atoms with Crippen LogP contribution in [0.15, 0.2) is 82.6 Å². The summed E-state index contributed by atoms with van der Waals surface area (Å²) in [7, 11) is 9.71. The van der Waals surface area contributed by atoms with E-state index in [0.717, 1.165) is 34.5 Å². The van der Waals surface area contributed by atoms with Crippen LogP contribution >= 0.6 is 0 Å². The number of Topliss-reactive ketones (excluding diaryl/α,β-unsaturated/α-hetero) is 2. The first-order valence-electron chi connectivity index (χ1n) is 18.9. The minimum absolute atomic E-state index is 0.0339. The van der Waals surface area contributed by atoms with Crippen molar-refractivity contribution in [3.63, 3.8) is 0 Å². The first kappa shape index (κ1) is 38.3. The first-order valence-corrected chi connectivity index (χ1v) is 18.9. The molecule has 7 rings (SSSR count). The lowest BCUT2D eigenvalue weighted by molar-refractivity contribution is -0.0559. The van der Waals surface area contributed by atoms with Crippen molar-refractivity contribution < 1.29 is 33.8 Å². The molecule has 2 N–H and O–H groups in total. The number of aliphatic hydroxyl groups is 2. The number of rotatable bonds is 11. The molecule has 0 amide bonds. The molecule has 1 heterocycles. The van der Waals surface area contributed by atoms with Gasteiger partial charge < -0.3 is 34.0 Å². The number of carbonyl (C=O) groups is 2. The fourth-order valence-corrected chi connectivity index (χ4v) is 9.04. The van der Waals surface area contributed by atoms with Crippen LogP contribution in [-0.2, 0) is 26.2 Å². The van der Waals surface area contributed by atoms with Crippen LogP contribution in [0.5, 0.6) is 11.6 Å². The van der Waals surface area contributed by atoms with E-state index in [2.05, 4.69) is 37.9 Å². The summed E-state index contributed by atoms with van der Waals surface area (Å²) in [5, 5.41) is 29.0. The quantitative estimate of drug-likeness (QED) is 0.168. The molecule has 0 saturated heterocycles. The van der Waals surface area contributed by atoms with E-state index in [9.17, 15) is 15.0 Å². The van der Waals surface area contributed by atoms with Crippen LogP contribution in [-0.4, -0.2) is 84.1 Å². The van der Waals surface area contributed by atoms with Crippen molar-refractivity contribution in [2.45, 2.75) is 65.0 Å². The molecule has 3 aliphatic carbocycles. The van der Waals surface area contributed by atoms with Crippen LogP contribution < -0.4 is 14.4 Å². The Kier molecular flexibility index (Phi) is 10.2. The molecule has 0 radical (unpaired) electrons. The Morgan fingerprint density at radius 1 is 0.909 bits per heavy atom. The van der Waals surface area contributed by atoms with Crippen molar-refractivity contribution in [1.82, 2.24) is 15.0 Å². The third-order valence-electron chi connectivity index (χ3n) is 11.0. The summed E-state index contributed by atoms with van der Waals surface area (Å²) in [6.45, 7) is 8.43. The largest absolute Gasteiger partial charge is 0.508 e. The van der Waals surface area contributed by atoms with Crippen molar-refractivity contribution in [2.75, 3.05) is 46.7 Å². The Labute approximate surface area is 323 Å². The number of carbonyl (C=O) groups excluding carboxylic acids is 2. The summed E-state index contributed by atoms with van der Waals surface area (Å²) in [6, 6.07) is 20.5. The fourth-order valence-electron chi connectivity index (χ4n) is 9.04. The van der Waals surface area contributed by atoms with Gasteiger partial charge in [-0.25, -0.2) is 0 Å². The molecule has 290 valence electrons. The number of fused-ring (bicyclic) bond motifs is 4. The summed E-state index contributed by atoms with van der Waals surface area (Å²) in [5.41, 5.74) is 2.55. The van der Waals surface area contributed by atoms with Gasteiger partial charge in [-0.2, -0.15) is 0 Å². The fraction of sp³-hybridized carbons (Fsp3) is 0.432. The van der Waals surface area contributed by atoms with Gasteiger partial charge in [0.15, 0.2) is 17.1 Å². The van der Waals surface area contributed by atoms with Crippen molar-refractivity contribution in [3.8, 4) is 11.6 Å². The summed E-state index contributed by atoms with van der Waals surface area (Å²) < 4.78 is 18.4. The molecule has 11 heteroatoms. The Bertz CT molecular complexity index is 2120. The van der Waals surface area contributed by atoms with Crippen LogP contribution in [0.3, 0.4) is 0 Å². The Morgan fingerprint density at radius 2 is 1.53 bits per heavy atom. The maximum absolute atomic E-state index is 15.0. The Balaban J connectivity index is 1.34. The number of allylic oxidation sites excluding steroid dienone is 1. The van der Waals surface area contributed by atoms with Crippen LogP contribution in [0.25, 0.3) is 0 Å². The summed E-state index contributed by atoms with van der Waals surface area (Å²) in [6.07, 6.45) is 0.624. The minimum Gasteiger partial charge on any atom is -0.508 e. The van der Waals surface area contributed by atoms with E-state index in [1.165, 1.54) is 0 Å². The third-order valence-corrected chi connectivity index (χ3v) is 11.0. The molecule has 0 spiro atoms. The number of benzene rings is 3. The van der Waals surface area contributed by atoms with Crippen molar-refractivity contribution in [1.29, 1.82) is 0 Å². The number of ether oxygens (including phenoxy) is 2. The lowest BCUT2D eigenvalue weighted by Gasteiger charge is -2.49. The van der Waals surface area contributed by atoms with Crippen LogP contribution in [0, 0.1) is 17.3 Å². The molecule has 0 bridgehead atoms. The van der Waals surface area contributed by atoms with Crippen molar-refractivity contribution in [2.24, 2.45) is 17.3 Å². The number of hydrogen-bond acceptors (Lipinski definition) is 11. The van der Waals surface area contributed by atoms with E-state index in [4.69, 9.17) is 14.0 Å². The number of aliphatic hydroxyl groups excluding tert-OH is 1. The normalized spacial score (nSPS) is 22.0. The lowest BCUT2D eigenvalue weighted by atomic mass is 9.58. The second-order valence-electron chi connectivity index (χ2n) is 17.0. The van der Waals surface area contributed by atoms with Gasteiger partial charge in [0, 0.05) is 44.4 Å². The van der Waals surface area contributed by atoms with Gasteiger partial charge in [0.05, 0.1) is 11.6 Å². The second-order valence-corrected chi connectivity index (χ2v) is 17.0. The highest BCUT2D eigenvalue weighted by Gasteiger charge is 2.64. The van der Waals surface area contributed by atoms with Gasteiger partial charge in [-0.1, -0.05) is 81.4 Å². The molecular weight excluding hydrogens is 697 g/mol. The molecular formula is C44H52N4O7. The molecule has 11 nitrogen and oxygen atoms in total. The van der Waals surface area contributed by atoms with Gasteiger partial charge in [0.2, 0.25) is 5.78 Å². The number of nitrogens with zero attached hydrogens (tertiary/aromatic N) is 4. The zero-order valence-electron chi connectivity index (χ0n) is 33.1. The van der Waals surface area contributed by atoms with E-state index >= 15 is 4.79 Å². The van der Waals surface area contributed by atoms with Gasteiger partial charge in [-0.3, -0.25) is 14.5 Å². The van der Waals surface area contributed by atoms with Gasteiger partial charge in [-0.05, 0) is 78.8 Å². The zero-order valence-corrected chi connectivity index (χ0v) is 33.1. The maximum Gasteiger partial charge on any atom is 0.265 e. The maximum atomic E-state index is 15.0. The molecule has 55 heavy (non-hydrogen) atoms. The number of anilines is 1. The topological polar surface area (TPSA) is 129 Å². The van der Waals surface area contributed by atoms with Crippen molar-refractivity contribution >= 4 is 17.3 Å². The van der Waals surface area contributed by atoms with Crippen molar-refractivity contribution in [3.05, 3.63) is 117 Å². The van der Waals surface area contributed by atoms with E-state index in [-0.39, 0.29) is 47.8 Å². The summed E-state index contributed by atoms with van der Waals surface area (Å²) >= 11 is 0. The van der Waals surface area contributed by atoms with Crippen LogP contribution in [0.2, 0.25) is 0 Å². The van der Waals surface area contributed by atoms with Gasteiger partial charge >= 0.3 is 0 Å². The first-order chi connectivity index (χ1) is 26.1. The lowest BCUT2D eigenvalue weighted by Crippen LogP contribution is -2.59. The predicted octanol–water partition coefficient (Wildman–Crippen LogP) is 6.79. The van der Waals surface area contributed by atoms with E-state index in [1.54, 1.807) is 0 Å². The Morgan fingerprint density at radius 3 is 2.11 bits per heavy atom. The van der Waals surface area contributed by atoms with Gasteiger partial charge in [0.1, 0.15) is 30.3 Å². The summed E-state index contributed by atoms with van der Waals surface area (Å²) in [5.74, 6) is -2.64. The van der Waals surface area contributed by atoms with E-state index < -0.39 is 40.8 Å². The number of hydrogen-bond donors (Lipinski definition) is 2. The standard InChI is InChI=1S/C44H52N4O7/c1-43(2,3)25-48(8)22-29-21-32(53-23-26-15-11-9-12-16-26)34-30(36(29)46(4)5)19-28-20-31-37(47(6)7)39-35(41(51)44(31,52)40(50)33(28)38(34)49)42(45-55-39)54-24-27-17-13-10-14-18-27/h9-18,21,28,31,37,50,52H,19-20,22-25H2,1-8H3/t28-,31-,37-,44-/m0/s1. The number of aromatic nitrogens is 1. The highest BCUT2D eigenvalue weighted by atomic mass is 16.5. The van der Waals surface area contributed by atoms with Crippen LogP contribution in [0.4, 0.5) is 5.69 Å². The monoisotopic (exact) mass is 748 g/mol. The average Bonchev–Trinajstić information content (AvgIpc) is 3.54. The van der Waals surface area contributed by atoms with Gasteiger partial charge in [0.25, 0.3) is 5.88 Å². The van der Waals surface area contributed by atoms with Crippen LogP contribution in [0.1, 0.15) is 82.0 Å². The molecule has 0 saturated carbocycles. The minimum atomic E-state index is -2.43. The molecule has 3 aliphatic rings. The highest BCUT2D eigenvalue weighted by Crippen LogP contribution is 2.57. The molecule has 0 unspecified atom stereocenters. The Hall–Kier alpha value is -4.97. The predicted molar refractivity (Wildman–Crippen MR) is 210 cm³/mol.